The predicted molar refractivity (Wildman–Crippen MR) is 164 cm³/mol. The van der Waals surface area contributed by atoms with Crippen LogP contribution >= 0.6 is 0 Å². The molecule has 0 radical (unpaired) electrons. The van der Waals surface area contributed by atoms with Gasteiger partial charge >= 0.3 is 6.61 Å². The van der Waals surface area contributed by atoms with E-state index in [2.05, 4.69) is 9.88 Å². The van der Waals surface area contributed by atoms with E-state index in [1.54, 1.807) is 35.3 Å². The summed E-state index contributed by atoms with van der Waals surface area (Å²) in [6.45, 7) is 1.59. The number of carbonyl (C=O) groups is 1. The molecule has 1 saturated heterocycles. The van der Waals surface area contributed by atoms with Gasteiger partial charge in [-0.1, -0.05) is 6.07 Å². The van der Waals surface area contributed by atoms with E-state index in [1.165, 1.54) is 24.3 Å². The molecule has 2 aliphatic heterocycles. The summed E-state index contributed by atoms with van der Waals surface area (Å²) in [5.74, 6) is -1.48. The number of aromatic nitrogens is 1. The fourth-order valence-electron chi connectivity index (χ4n) is 5.78. The topological polar surface area (TPSA) is 93.4 Å². The molecule has 1 aromatic heterocycles. The summed E-state index contributed by atoms with van der Waals surface area (Å²) in [6.07, 6.45) is 5.97. The number of nitrogens with two attached hydrogens (primary N) is 1. The van der Waals surface area contributed by atoms with Crippen LogP contribution in [0.3, 0.4) is 0 Å². The molecular formula is C34H37F4N5O4. The maximum atomic E-state index is 15.5. The Morgan fingerprint density at radius 3 is 2.43 bits per heavy atom. The fraction of sp³-hybridized carbons (Fsp3) is 0.412. The molecule has 0 spiro atoms. The molecule has 6 rings (SSSR count). The minimum atomic E-state index is -3.07. The molecule has 2 aromatic carbocycles. The summed E-state index contributed by atoms with van der Waals surface area (Å²) in [7, 11) is 0. The standard InChI is InChI=1S/C34H37F4N5O4/c1-21(39)30-19-43(33(46-30)24-4-7-28(47-34(37)38)29(16-24)45-20-23-2-3-23)31(26-6-5-25(35)17-27(26)36)32(44)42-14-12-41(13-15-42)18-22-8-10-40-11-9-22/h4-11,16-17,19,21,23,31,33-34H,2-3,12-15,18,20,39H2,1H3/t21-,31?,33?/m0/s1. The lowest BCUT2D eigenvalue weighted by Crippen LogP contribution is -2.51. The normalized spacial score (nSPS) is 19.7. The molecule has 3 aromatic rings. The van der Waals surface area contributed by atoms with Crippen molar-refractivity contribution in [3.05, 3.63) is 101 Å². The van der Waals surface area contributed by atoms with E-state index in [9.17, 15) is 18.0 Å². The van der Waals surface area contributed by atoms with Gasteiger partial charge < -0.3 is 29.7 Å². The summed E-state index contributed by atoms with van der Waals surface area (Å²) in [5.41, 5.74) is 7.70. The quantitative estimate of drug-likeness (QED) is 0.261. The van der Waals surface area contributed by atoms with Crippen molar-refractivity contribution in [2.45, 2.75) is 51.2 Å². The summed E-state index contributed by atoms with van der Waals surface area (Å²) in [4.78, 5) is 23.9. The number of ether oxygens (including phenoxy) is 3. The third-order valence-corrected chi connectivity index (χ3v) is 8.51. The Hall–Kier alpha value is -4.36. The van der Waals surface area contributed by atoms with Gasteiger partial charge in [0.2, 0.25) is 5.91 Å². The third-order valence-electron chi connectivity index (χ3n) is 8.51. The van der Waals surface area contributed by atoms with E-state index in [0.717, 1.165) is 30.5 Å². The lowest BCUT2D eigenvalue weighted by Gasteiger charge is -2.39. The van der Waals surface area contributed by atoms with Crippen molar-refractivity contribution in [1.82, 2.24) is 19.7 Å². The van der Waals surface area contributed by atoms with E-state index in [-0.39, 0.29) is 17.1 Å². The maximum Gasteiger partial charge on any atom is 0.387 e. The first kappa shape index (κ1) is 32.6. The first-order valence-corrected chi connectivity index (χ1v) is 15.6. The highest BCUT2D eigenvalue weighted by atomic mass is 19.3. The first-order valence-electron chi connectivity index (χ1n) is 15.6. The number of nitrogens with zero attached hydrogens (tertiary/aromatic N) is 4. The number of hydrogen-bond donors (Lipinski definition) is 1. The zero-order chi connectivity index (χ0) is 33.1. The Kier molecular flexibility index (Phi) is 9.83. The molecule has 3 atom stereocenters. The van der Waals surface area contributed by atoms with Crippen LogP contribution < -0.4 is 15.2 Å². The summed E-state index contributed by atoms with van der Waals surface area (Å²) in [6, 6.07) is 9.52. The van der Waals surface area contributed by atoms with Crippen molar-refractivity contribution in [3.8, 4) is 11.5 Å². The van der Waals surface area contributed by atoms with Crippen molar-refractivity contribution < 1.29 is 36.6 Å². The second kappa shape index (κ2) is 14.2. The number of hydrogen-bond acceptors (Lipinski definition) is 8. The average Bonchev–Trinajstić information content (AvgIpc) is 3.78. The molecule has 13 heteroatoms. The Labute approximate surface area is 270 Å². The number of halogens is 4. The van der Waals surface area contributed by atoms with E-state index in [4.69, 9.17) is 19.9 Å². The molecule has 3 aliphatic rings. The highest BCUT2D eigenvalue weighted by Crippen LogP contribution is 2.43. The van der Waals surface area contributed by atoms with Gasteiger partial charge in [-0.2, -0.15) is 8.78 Å². The van der Waals surface area contributed by atoms with Crippen LogP contribution in [0.2, 0.25) is 0 Å². The van der Waals surface area contributed by atoms with Gasteiger partial charge in [-0.15, -0.1) is 0 Å². The van der Waals surface area contributed by atoms with Gasteiger partial charge in [0.25, 0.3) is 0 Å². The Bertz CT molecular complexity index is 1580. The molecule has 2 unspecified atom stereocenters. The zero-order valence-corrected chi connectivity index (χ0v) is 25.9. The van der Waals surface area contributed by atoms with Gasteiger partial charge in [-0.3, -0.25) is 14.7 Å². The number of rotatable bonds is 12. The molecular weight excluding hydrogens is 618 g/mol. The summed E-state index contributed by atoms with van der Waals surface area (Å²) in [5, 5.41) is 0. The fourth-order valence-corrected chi connectivity index (χ4v) is 5.78. The highest BCUT2D eigenvalue weighted by Gasteiger charge is 2.42. The lowest BCUT2D eigenvalue weighted by molar-refractivity contribution is -0.141. The van der Waals surface area contributed by atoms with Crippen LogP contribution in [0, 0.1) is 17.6 Å². The minimum absolute atomic E-state index is 0.0470. The number of carbonyl (C=O) groups excluding carboxylic acids is 1. The van der Waals surface area contributed by atoms with Crippen LogP contribution in [0.4, 0.5) is 17.6 Å². The van der Waals surface area contributed by atoms with E-state index in [0.29, 0.717) is 56.6 Å². The third kappa shape index (κ3) is 7.79. The molecule has 0 bridgehead atoms. The highest BCUT2D eigenvalue weighted by molar-refractivity contribution is 5.84. The monoisotopic (exact) mass is 655 g/mol. The smallest absolute Gasteiger partial charge is 0.387 e. The molecule has 1 aliphatic carbocycles. The Morgan fingerprint density at radius 2 is 1.77 bits per heavy atom. The van der Waals surface area contributed by atoms with Crippen molar-refractivity contribution in [3.63, 3.8) is 0 Å². The molecule has 3 heterocycles. The first-order chi connectivity index (χ1) is 22.7. The van der Waals surface area contributed by atoms with E-state index in [1.807, 2.05) is 12.1 Å². The van der Waals surface area contributed by atoms with Crippen LogP contribution in [-0.2, 0) is 16.1 Å². The predicted octanol–water partition coefficient (Wildman–Crippen LogP) is 5.36. The molecule has 2 N–H and O–H groups in total. The second-order valence-corrected chi connectivity index (χ2v) is 12.1. The van der Waals surface area contributed by atoms with Gasteiger partial charge in [0, 0.05) is 68.5 Å². The number of piperazine rings is 1. The lowest BCUT2D eigenvalue weighted by atomic mass is 10.0. The van der Waals surface area contributed by atoms with Crippen molar-refractivity contribution in [1.29, 1.82) is 0 Å². The SMILES string of the molecule is C[C@H](N)C1=CN(C(C(=O)N2CCN(Cc3ccncc3)CC2)c2ccc(F)cc2F)C(c2ccc(OC(F)F)c(OCC3CC3)c2)O1. The zero-order valence-electron chi connectivity index (χ0n) is 25.9. The molecule has 1 saturated carbocycles. The van der Waals surface area contributed by atoms with E-state index < -0.39 is 42.5 Å². The largest absolute Gasteiger partial charge is 0.489 e. The van der Waals surface area contributed by atoms with Gasteiger partial charge in [0.1, 0.15) is 23.4 Å². The van der Waals surface area contributed by atoms with Gasteiger partial charge in [0.15, 0.2) is 17.7 Å². The molecule has 9 nitrogen and oxygen atoms in total. The van der Waals surface area contributed by atoms with Gasteiger partial charge in [0.05, 0.1) is 12.6 Å². The van der Waals surface area contributed by atoms with Crippen molar-refractivity contribution >= 4 is 5.91 Å². The average molecular weight is 656 g/mol. The number of alkyl halides is 2. The van der Waals surface area contributed by atoms with Crippen LogP contribution in [0.1, 0.15) is 48.7 Å². The second-order valence-electron chi connectivity index (χ2n) is 12.1. The molecule has 250 valence electrons. The van der Waals surface area contributed by atoms with Crippen molar-refractivity contribution in [2.75, 3.05) is 32.8 Å². The molecule has 2 fully saturated rings. The number of pyridine rings is 1. The molecule has 47 heavy (non-hydrogen) atoms. The Balaban J connectivity index is 1.32. The van der Waals surface area contributed by atoms with E-state index >= 15 is 4.39 Å². The number of benzene rings is 2. The van der Waals surface area contributed by atoms with Gasteiger partial charge in [-0.25, -0.2) is 8.78 Å². The molecule has 1 amide bonds. The van der Waals surface area contributed by atoms with Crippen LogP contribution in [-0.4, -0.2) is 71.0 Å². The van der Waals surface area contributed by atoms with Crippen LogP contribution in [0.5, 0.6) is 11.5 Å². The van der Waals surface area contributed by atoms with Gasteiger partial charge in [-0.05, 0) is 67.6 Å². The maximum absolute atomic E-state index is 15.5. The van der Waals surface area contributed by atoms with Crippen LogP contribution in [0.15, 0.2) is 72.9 Å². The van der Waals surface area contributed by atoms with Crippen molar-refractivity contribution in [2.24, 2.45) is 11.7 Å². The summed E-state index contributed by atoms with van der Waals surface area (Å²) >= 11 is 0. The van der Waals surface area contributed by atoms with Crippen LogP contribution in [0.25, 0.3) is 0 Å². The minimum Gasteiger partial charge on any atom is -0.489 e. The Morgan fingerprint density at radius 1 is 1.02 bits per heavy atom. The number of amides is 1. The summed E-state index contributed by atoms with van der Waals surface area (Å²) < 4.78 is 73.0.